The third kappa shape index (κ3) is 2.36. The zero-order valence-electron chi connectivity index (χ0n) is 8.38. The lowest BCUT2D eigenvalue weighted by Gasteiger charge is -2.04. The van der Waals surface area contributed by atoms with Gasteiger partial charge < -0.3 is 5.11 Å². The molecular weight excluding hydrogens is 212 g/mol. The van der Waals surface area contributed by atoms with Gasteiger partial charge in [0.1, 0.15) is 0 Å². The topological polar surface area (TPSA) is 54.6 Å². The van der Waals surface area contributed by atoms with Crippen LogP contribution in [0.5, 0.6) is 0 Å². The van der Waals surface area contributed by atoms with E-state index < -0.39 is 5.97 Å². The van der Waals surface area contributed by atoms with Gasteiger partial charge in [-0.25, -0.2) is 4.98 Å². The number of carboxylic acid groups (broad SMARTS) is 1. The SMILES string of the molecule is CC(CC(=O)O)Cc1cn2ccsc2n1. The van der Waals surface area contributed by atoms with Crippen LogP contribution in [0.25, 0.3) is 4.96 Å². The van der Waals surface area contributed by atoms with E-state index in [4.69, 9.17) is 5.11 Å². The Bertz CT molecular complexity index is 446. The van der Waals surface area contributed by atoms with Gasteiger partial charge in [-0.3, -0.25) is 9.20 Å². The predicted molar refractivity (Wildman–Crippen MR) is 58.2 cm³/mol. The summed E-state index contributed by atoms with van der Waals surface area (Å²) in [7, 11) is 0. The fourth-order valence-corrected chi connectivity index (χ4v) is 2.32. The van der Waals surface area contributed by atoms with Crippen molar-refractivity contribution in [3.05, 3.63) is 23.5 Å². The zero-order chi connectivity index (χ0) is 10.8. The first-order chi connectivity index (χ1) is 7.15. The highest BCUT2D eigenvalue weighted by atomic mass is 32.1. The van der Waals surface area contributed by atoms with Gasteiger partial charge in [0.2, 0.25) is 0 Å². The highest BCUT2D eigenvalue weighted by molar-refractivity contribution is 7.15. The molecule has 1 N–H and O–H groups in total. The van der Waals surface area contributed by atoms with Crippen LogP contribution in [0.3, 0.4) is 0 Å². The van der Waals surface area contributed by atoms with Crippen molar-refractivity contribution in [3.8, 4) is 0 Å². The molecule has 80 valence electrons. The van der Waals surface area contributed by atoms with Crippen molar-refractivity contribution < 1.29 is 9.90 Å². The van der Waals surface area contributed by atoms with Gasteiger partial charge in [-0.15, -0.1) is 11.3 Å². The summed E-state index contributed by atoms with van der Waals surface area (Å²) in [6, 6.07) is 0. The van der Waals surface area contributed by atoms with Gasteiger partial charge in [0.05, 0.1) is 5.69 Å². The molecule has 2 heterocycles. The molecule has 0 aromatic carbocycles. The zero-order valence-corrected chi connectivity index (χ0v) is 9.20. The van der Waals surface area contributed by atoms with Gasteiger partial charge >= 0.3 is 5.97 Å². The molecule has 2 aromatic heterocycles. The number of thiazole rings is 1. The fourth-order valence-electron chi connectivity index (χ4n) is 1.60. The first-order valence-electron chi connectivity index (χ1n) is 4.78. The monoisotopic (exact) mass is 224 g/mol. The summed E-state index contributed by atoms with van der Waals surface area (Å²) in [6.45, 7) is 1.93. The van der Waals surface area contributed by atoms with Gasteiger partial charge in [-0.05, 0) is 12.3 Å². The molecule has 0 bridgehead atoms. The van der Waals surface area contributed by atoms with E-state index in [1.54, 1.807) is 11.3 Å². The molecule has 0 spiro atoms. The van der Waals surface area contributed by atoms with Crippen LogP contribution >= 0.6 is 11.3 Å². The van der Waals surface area contributed by atoms with Crippen LogP contribution in [0.4, 0.5) is 0 Å². The summed E-state index contributed by atoms with van der Waals surface area (Å²) < 4.78 is 1.97. The quantitative estimate of drug-likeness (QED) is 0.864. The van der Waals surface area contributed by atoms with E-state index in [-0.39, 0.29) is 12.3 Å². The normalized spacial score (nSPS) is 13.1. The number of hydrogen-bond donors (Lipinski definition) is 1. The highest BCUT2D eigenvalue weighted by Gasteiger charge is 2.11. The first kappa shape index (κ1) is 10.2. The lowest BCUT2D eigenvalue weighted by molar-refractivity contribution is -0.137. The summed E-state index contributed by atoms with van der Waals surface area (Å²) in [4.78, 5) is 15.9. The number of carboxylic acids is 1. The Hall–Kier alpha value is -1.36. The number of aromatic nitrogens is 2. The van der Waals surface area contributed by atoms with Gasteiger partial charge in [0.25, 0.3) is 0 Å². The maximum atomic E-state index is 10.5. The van der Waals surface area contributed by atoms with Gasteiger partial charge in [-0.2, -0.15) is 0 Å². The van der Waals surface area contributed by atoms with E-state index in [0.717, 1.165) is 17.1 Å². The van der Waals surface area contributed by atoms with Crippen LogP contribution in [-0.4, -0.2) is 20.5 Å². The molecule has 2 rings (SSSR count). The Kier molecular flexibility index (Phi) is 2.73. The number of nitrogens with zero attached hydrogens (tertiary/aromatic N) is 2. The lowest BCUT2D eigenvalue weighted by Crippen LogP contribution is -2.07. The van der Waals surface area contributed by atoms with Crippen LogP contribution < -0.4 is 0 Å². The molecule has 15 heavy (non-hydrogen) atoms. The fraction of sp³-hybridized carbons (Fsp3) is 0.400. The molecule has 0 amide bonds. The average molecular weight is 224 g/mol. The summed E-state index contributed by atoms with van der Waals surface area (Å²) in [5, 5.41) is 10.6. The Labute approximate surface area is 91.2 Å². The average Bonchev–Trinajstić information content (AvgIpc) is 2.60. The van der Waals surface area contributed by atoms with Crippen molar-refractivity contribution in [2.24, 2.45) is 5.92 Å². The van der Waals surface area contributed by atoms with Crippen LogP contribution in [0.2, 0.25) is 0 Å². The van der Waals surface area contributed by atoms with Crippen LogP contribution in [0.1, 0.15) is 19.0 Å². The number of rotatable bonds is 4. The van der Waals surface area contributed by atoms with Crippen LogP contribution in [-0.2, 0) is 11.2 Å². The van der Waals surface area contributed by atoms with Crippen LogP contribution in [0, 0.1) is 5.92 Å². The predicted octanol–water partition coefficient (Wildman–Crippen LogP) is 2.05. The maximum absolute atomic E-state index is 10.5. The van der Waals surface area contributed by atoms with Gasteiger partial charge in [0, 0.05) is 24.2 Å². The minimum Gasteiger partial charge on any atom is -0.481 e. The Balaban J connectivity index is 2.05. The second-order valence-corrected chi connectivity index (χ2v) is 4.61. The number of fused-ring (bicyclic) bond motifs is 1. The molecule has 0 aliphatic heterocycles. The summed E-state index contributed by atoms with van der Waals surface area (Å²) >= 11 is 1.58. The van der Waals surface area contributed by atoms with Crippen molar-refractivity contribution >= 4 is 22.3 Å². The molecule has 4 nitrogen and oxygen atoms in total. The van der Waals surface area contributed by atoms with Crippen molar-refractivity contribution in [2.75, 3.05) is 0 Å². The molecule has 0 aliphatic carbocycles. The Morgan fingerprint density at radius 2 is 2.53 bits per heavy atom. The molecule has 1 unspecified atom stereocenters. The molecule has 1 atom stereocenters. The minimum atomic E-state index is -0.747. The Morgan fingerprint density at radius 1 is 1.73 bits per heavy atom. The highest BCUT2D eigenvalue weighted by Crippen LogP contribution is 2.15. The van der Waals surface area contributed by atoms with Crippen molar-refractivity contribution in [2.45, 2.75) is 19.8 Å². The van der Waals surface area contributed by atoms with E-state index in [0.29, 0.717) is 0 Å². The summed E-state index contributed by atoms with van der Waals surface area (Å²) in [5.74, 6) is -0.615. The molecule has 0 saturated heterocycles. The molecule has 5 heteroatoms. The van der Waals surface area contributed by atoms with Crippen LogP contribution in [0.15, 0.2) is 17.8 Å². The van der Waals surface area contributed by atoms with E-state index in [1.807, 2.05) is 29.1 Å². The van der Waals surface area contributed by atoms with Crippen molar-refractivity contribution in [3.63, 3.8) is 0 Å². The molecule has 2 aromatic rings. The molecule has 0 saturated carbocycles. The first-order valence-corrected chi connectivity index (χ1v) is 5.66. The third-order valence-electron chi connectivity index (χ3n) is 2.22. The minimum absolute atomic E-state index is 0.132. The van der Waals surface area contributed by atoms with E-state index in [9.17, 15) is 4.79 Å². The number of carbonyl (C=O) groups is 1. The molecule has 0 aliphatic rings. The number of imidazole rings is 1. The molecular formula is C10H12N2O2S. The second kappa shape index (κ2) is 4.02. The largest absolute Gasteiger partial charge is 0.481 e. The number of hydrogen-bond acceptors (Lipinski definition) is 3. The van der Waals surface area contributed by atoms with E-state index >= 15 is 0 Å². The molecule has 0 fully saturated rings. The maximum Gasteiger partial charge on any atom is 0.303 e. The second-order valence-electron chi connectivity index (χ2n) is 3.73. The standard InChI is InChI=1S/C10H12N2O2S/c1-7(5-9(13)14)4-8-6-12-2-3-15-10(12)11-8/h2-3,6-7H,4-5H2,1H3,(H,13,14). The van der Waals surface area contributed by atoms with E-state index in [2.05, 4.69) is 4.98 Å². The third-order valence-corrected chi connectivity index (χ3v) is 2.99. The van der Waals surface area contributed by atoms with Gasteiger partial charge in [-0.1, -0.05) is 6.92 Å². The lowest BCUT2D eigenvalue weighted by atomic mass is 10.0. The molecule has 0 radical (unpaired) electrons. The number of aliphatic carboxylic acids is 1. The van der Waals surface area contributed by atoms with Crippen molar-refractivity contribution in [1.82, 2.24) is 9.38 Å². The van der Waals surface area contributed by atoms with Crippen molar-refractivity contribution in [1.29, 1.82) is 0 Å². The summed E-state index contributed by atoms with van der Waals surface area (Å²) in [6.07, 6.45) is 4.84. The smallest absolute Gasteiger partial charge is 0.303 e. The van der Waals surface area contributed by atoms with E-state index in [1.165, 1.54) is 0 Å². The Morgan fingerprint density at radius 3 is 3.20 bits per heavy atom. The van der Waals surface area contributed by atoms with Gasteiger partial charge in [0.15, 0.2) is 4.96 Å². The summed E-state index contributed by atoms with van der Waals surface area (Å²) in [5.41, 5.74) is 0.968.